The molecule has 1 aliphatic rings. The van der Waals surface area contributed by atoms with Crippen LogP contribution in [-0.4, -0.2) is 16.6 Å². The number of aryl methyl sites for hydroxylation is 2. The fraction of sp³-hybridized carbons (Fsp3) is 0.286. The van der Waals surface area contributed by atoms with Gasteiger partial charge in [0.1, 0.15) is 5.82 Å². The predicted molar refractivity (Wildman–Crippen MR) is 94.8 cm³/mol. The highest BCUT2D eigenvalue weighted by Crippen LogP contribution is 2.34. The standard InChI is InChI=1S/C21H17F4NO2/c1-4-13-14(8-17-11(3)7-12(9-26-17)21(23,24)25)20(28)18-15(19(13)27)5-10(2)6-16(18)22/h5-7,9H,4,8H2,1-3H3. The van der Waals surface area contributed by atoms with Gasteiger partial charge in [-0.15, -0.1) is 0 Å². The molecule has 0 amide bonds. The van der Waals surface area contributed by atoms with E-state index in [0.29, 0.717) is 11.8 Å². The summed E-state index contributed by atoms with van der Waals surface area (Å²) in [4.78, 5) is 29.6. The number of benzene rings is 1. The Bertz CT molecular complexity index is 1040. The number of ketones is 2. The average Bonchev–Trinajstić information content (AvgIpc) is 2.59. The summed E-state index contributed by atoms with van der Waals surface area (Å²) in [6.45, 7) is 4.78. The van der Waals surface area contributed by atoms with Crippen molar-refractivity contribution >= 4 is 11.6 Å². The van der Waals surface area contributed by atoms with E-state index in [1.165, 1.54) is 19.1 Å². The molecule has 146 valence electrons. The van der Waals surface area contributed by atoms with E-state index in [2.05, 4.69) is 4.98 Å². The fourth-order valence-electron chi connectivity index (χ4n) is 3.41. The highest BCUT2D eigenvalue weighted by molar-refractivity contribution is 6.27. The van der Waals surface area contributed by atoms with Crippen molar-refractivity contribution in [3.63, 3.8) is 0 Å². The third kappa shape index (κ3) is 3.37. The van der Waals surface area contributed by atoms with Crippen molar-refractivity contribution in [1.29, 1.82) is 0 Å². The number of hydrogen-bond acceptors (Lipinski definition) is 3. The topological polar surface area (TPSA) is 47.0 Å². The van der Waals surface area contributed by atoms with Gasteiger partial charge in [0.25, 0.3) is 0 Å². The molecule has 7 heteroatoms. The zero-order valence-electron chi connectivity index (χ0n) is 15.5. The second-order valence-corrected chi connectivity index (χ2v) is 6.80. The third-order valence-corrected chi connectivity index (χ3v) is 4.83. The van der Waals surface area contributed by atoms with E-state index >= 15 is 0 Å². The van der Waals surface area contributed by atoms with Crippen molar-refractivity contribution in [2.75, 3.05) is 0 Å². The van der Waals surface area contributed by atoms with Crippen LogP contribution in [0.25, 0.3) is 0 Å². The van der Waals surface area contributed by atoms with Gasteiger partial charge in [0.05, 0.1) is 11.1 Å². The molecule has 0 unspecified atom stereocenters. The van der Waals surface area contributed by atoms with Crippen molar-refractivity contribution in [3.8, 4) is 0 Å². The maximum atomic E-state index is 14.4. The van der Waals surface area contributed by atoms with Crippen LogP contribution in [0.4, 0.5) is 17.6 Å². The van der Waals surface area contributed by atoms with Gasteiger partial charge in [-0.05, 0) is 49.6 Å². The Hall–Kier alpha value is -2.83. The van der Waals surface area contributed by atoms with Crippen molar-refractivity contribution in [2.24, 2.45) is 0 Å². The van der Waals surface area contributed by atoms with Crippen LogP contribution in [0.15, 0.2) is 35.5 Å². The van der Waals surface area contributed by atoms with Crippen molar-refractivity contribution < 1.29 is 27.2 Å². The Labute approximate surface area is 159 Å². The summed E-state index contributed by atoms with van der Waals surface area (Å²) in [6.07, 6.45) is -3.72. The number of alkyl halides is 3. The monoisotopic (exact) mass is 391 g/mol. The van der Waals surface area contributed by atoms with Gasteiger partial charge in [-0.2, -0.15) is 13.2 Å². The van der Waals surface area contributed by atoms with Gasteiger partial charge in [0.2, 0.25) is 0 Å². The molecule has 1 aromatic heterocycles. The number of aromatic nitrogens is 1. The molecular formula is C21H17F4NO2. The number of halogens is 4. The van der Waals surface area contributed by atoms with Gasteiger partial charge in [-0.25, -0.2) is 4.39 Å². The third-order valence-electron chi connectivity index (χ3n) is 4.83. The number of allylic oxidation sites excluding steroid dienone is 2. The van der Waals surface area contributed by atoms with Crippen LogP contribution >= 0.6 is 0 Å². The number of Topliss-reactive ketones (excluding diaryl/α,β-unsaturated/α-hetero) is 2. The molecule has 2 aromatic rings. The molecule has 1 heterocycles. The largest absolute Gasteiger partial charge is 0.417 e. The maximum Gasteiger partial charge on any atom is 0.417 e. The van der Waals surface area contributed by atoms with Gasteiger partial charge in [0.15, 0.2) is 11.6 Å². The lowest BCUT2D eigenvalue weighted by Crippen LogP contribution is -2.25. The first-order chi connectivity index (χ1) is 13.0. The minimum Gasteiger partial charge on any atom is -0.289 e. The molecule has 0 radical (unpaired) electrons. The average molecular weight is 391 g/mol. The first kappa shape index (κ1) is 19.9. The van der Waals surface area contributed by atoms with Crippen LogP contribution < -0.4 is 0 Å². The molecule has 0 aliphatic heterocycles. The molecule has 0 spiro atoms. The number of pyridine rings is 1. The lowest BCUT2D eigenvalue weighted by molar-refractivity contribution is -0.137. The summed E-state index contributed by atoms with van der Waals surface area (Å²) < 4.78 is 52.9. The summed E-state index contributed by atoms with van der Waals surface area (Å²) in [6, 6.07) is 3.61. The molecule has 1 aliphatic carbocycles. The first-order valence-corrected chi connectivity index (χ1v) is 8.68. The van der Waals surface area contributed by atoms with Crippen LogP contribution in [0, 0.1) is 19.7 Å². The minimum absolute atomic E-state index is 0.0280. The summed E-state index contributed by atoms with van der Waals surface area (Å²) in [5, 5.41) is 0. The predicted octanol–water partition coefficient (Wildman–Crippen LogP) is 5.18. The van der Waals surface area contributed by atoms with Crippen LogP contribution in [0.5, 0.6) is 0 Å². The Morgan fingerprint density at radius 2 is 1.68 bits per heavy atom. The Morgan fingerprint density at radius 3 is 2.25 bits per heavy atom. The molecule has 0 fully saturated rings. The quantitative estimate of drug-likeness (QED) is 0.677. The molecule has 0 saturated heterocycles. The molecule has 0 bridgehead atoms. The Kier molecular flexibility index (Phi) is 4.95. The highest BCUT2D eigenvalue weighted by Gasteiger charge is 2.35. The lowest BCUT2D eigenvalue weighted by atomic mass is 9.80. The maximum absolute atomic E-state index is 14.4. The molecular weight excluding hydrogens is 374 g/mol. The molecule has 1 aromatic carbocycles. The van der Waals surface area contributed by atoms with Crippen molar-refractivity contribution in [1.82, 2.24) is 4.98 Å². The number of carbonyl (C=O) groups excluding carboxylic acids is 2. The second-order valence-electron chi connectivity index (χ2n) is 6.80. The molecule has 0 N–H and O–H groups in total. The van der Waals surface area contributed by atoms with Crippen LogP contribution in [0.2, 0.25) is 0 Å². The van der Waals surface area contributed by atoms with Gasteiger partial charge in [-0.3, -0.25) is 14.6 Å². The van der Waals surface area contributed by atoms with Crippen LogP contribution in [0.3, 0.4) is 0 Å². The zero-order valence-corrected chi connectivity index (χ0v) is 15.5. The van der Waals surface area contributed by atoms with E-state index in [1.54, 1.807) is 13.8 Å². The molecule has 3 rings (SSSR count). The minimum atomic E-state index is -4.53. The zero-order chi connectivity index (χ0) is 20.8. The van der Waals surface area contributed by atoms with Crippen molar-refractivity contribution in [3.05, 3.63) is 74.9 Å². The number of carbonyl (C=O) groups is 2. The van der Waals surface area contributed by atoms with E-state index in [9.17, 15) is 27.2 Å². The van der Waals surface area contributed by atoms with Crippen LogP contribution in [-0.2, 0) is 12.6 Å². The van der Waals surface area contributed by atoms with E-state index in [4.69, 9.17) is 0 Å². The molecule has 0 saturated carbocycles. The Balaban J connectivity index is 2.09. The number of fused-ring (bicyclic) bond motifs is 1. The second kappa shape index (κ2) is 6.96. The SMILES string of the molecule is CCC1=C(Cc2ncc(C(F)(F)F)cc2C)C(=O)c2c(F)cc(C)cc2C1=O. The number of nitrogens with zero attached hydrogens (tertiary/aromatic N) is 1. The smallest absolute Gasteiger partial charge is 0.289 e. The highest BCUT2D eigenvalue weighted by atomic mass is 19.4. The summed E-state index contributed by atoms with van der Waals surface area (Å²) in [7, 11) is 0. The first-order valence-electron chi connectivity index (χ1n) is 8.68. The van der Waals surface area contributed by atoms with E-state index in [1.807, 2.05) is 0 Å². The van der Waals surface area contributed by atoms with Crippen LogP contribution in [0.1, 0.15) is 56.4 Å². The normalized spacial score (nSPS) is 14.5. The van der Waals surface area contributed by atoms with Gasteiger partial charge in [-0.1, -0.05) is 6.92 Å². The summed E-state index contributed by atoms with van der Waals surface area (Å²) in [5.74, 6) is -1.83. The summed E-state index contributed by atoms with van der Waals surface area (Å²) >= 11 is 0. The molecule has 0 atom stereocenters. The number of rotatable bonds is 3. The van der Waals surface area contributed by atoms with Gasteiger partial charge >= 0.3 is 6.18 Å². The Morgan fingerprint density at radius 1 is 1.00 bits per heavy atom. The lowest BCUT2D eigenvalue weighted by Gasteiger charge is -2.22. The van der Waals surface area contributed by atoms with E-state index in [-0.39, 0.29) is 46.4 Å². The van der Waals surface area contributed by atoms with E-state index in [0.717, 1.165) is 6.07 Å². The van der Waals surface area contributed by atoms with Gasteiger partial charge in [0, 0.05) is 35.0 Å². The van der Waals surface area contributed by atoms with Crippen molar-refractivity contribution in [2.45, 2.75) is 39.8 Å². The van der Waals surface area contributed by atoms with Gasteiger partial charge < -0.3 is 0 Å². The van der Waals surface area contributed by atoms with E-state index < -0.39 is 29.1 Å². The fourth-order valence-corrected chi connectivity index (χ4v) is 3.41. The molecule has 3 nitrogen and oxygen atoms in total. The number of hydrogen-bond donors (Lipinski definition) is 0. The molecule has 28 heavy (non-hydrogen) atoms. The summed E-state index contributed by atoms with van der Waals surface area (Å²) in [5.41, 5.74) is 0.182.